The average molecular weight is 247 g/mol. The van der Waals surface area contributed by atoms with Gasteiger partial charge in [-0.1, -0.05) is 19.1 Å². The molecule has 0 fully saturated rings. The largest absolute Gasteiger partial charge is 0.411 e. The third kappa shape index (κ3) is 6.16. The summed E-state index contributed by atoms with van der Waals surface area (Å²) in [7, 11) is 0. The fourth-order valence-corrected chi connectivity index (χ4v) is 1.36. The highest BCUT2D eigenvalue weighted by Gasteiger charge is 2.27. The maximum absolute atomic E-state index is 11.8. The van der Waals surface area contributed by atoms with Crippen LogP contribution in [0.25, 0.3) is 0 Å². The summed E-state index contributed by atoms with van der Waals surface area (Å²) in [6, 6.07) is 7.77. The third-order valence-corrected chi connectivity index (χ3v) is 2.18. The topological polar surface area (TPSA) is 21.3 Å². The number of anilines is 1. The zero-order valence-corrected chi connectivity index (χ0v) is 9.68. The quantitative estimate of drug-likeness (QED) is 0.779. The van der Waals surface area contributed by atoms with Crippen molar-refractivity contribution in [1.82, 2.24) is 0 Å². The Morgan fingerprint density at radius 2 is 2.06 bits per heavy atom. The number of halogens is 3. The number of ether oxygens (including phenoxy) is 1. The highest BCUT2D eigenvalue weighted by Crippen LogP contribution is 2.14. The van der Waals surface area contributed by atoms with Gasteiger partial charge in [0.05, 0.1) is 6.61 Å². The smallest absolute Gasteiger partial charge is 0.383 e. The van der Waals surface area contributed by atoms with Crippen molar-refractivity contribution >= 4 is 5.69 Å². The molecule has 1 aromatic carbocycles. The summed E-state index contributed by atoms with van der Waals surface area (Å²) in [4.78, 5) is 0. The minimum absolute atomic E-state index is 0.0376. The van der Waals surface area contributed by atoms with E-state index in [4.69, 9.17) is 0 Å². The number of hydrogen-bond acceptors (Lipinski definition) is 2. The molecule has 1 aromatic rings. The molecular weight excluding hydrogens is 231 g/mol. The van der Waals surface area contributed by atoms with Gasteiger partial charge in [0.1, 0.15) is 6.61 Å². The van der Waals surface area contributed by atoms with Gasteiger partial charge in [0.2, 0.25) is 0 Å². The van der Waals surface area contributed by atoms with Crippen LogP contribution in [0.1, 0.15) is 12.5 Å². The number of hydrogen-bond donors (Lipinski definition) is 1. The van der Waals surface area contributed by atoms with Crippen LogP contribution in [0.4, 0.5) is 18.9 Å². The van der Waals surface area contributed by atoms with Gasteiger partial charge in [0.25, 0.3) is 0 Å². The maximum Gasteiger partial charge on any atom is 0.411 e. The maximum atomic E-state index is 11.8. The number of alkyl halides is 3. The van der Waals surface area contributed by atoms with E-state index in [-0.39, 0.29) is 6.61 Å². The number of rotatable bonds is 6. The van der Waals surface area contributed by atoms with Gasteiger partial charge < -0.3 is 10.1 Å². The highest BCUT2D eigenvalue weighted by molar-refractivity contribution is 5.45. The van der Waals surface area contributed by atoms with Gasteiger partial charge in [-0.05, 0) is 24.1 Å². The molecular formula is C12H16F3NO. The van der Waals surface area contributed by atoms with Gasteiger partial charge in [-0.15, -0.1) is 0 Å². The van der Waals surface area contributed by atoms with Crippen molar-refractivity contribution < 1.29 is 17.9 Å². The molecule has 1 N–H and O–H groups in total. The standard InChI is InChI=1S/C12H16F3NO/c1-2-10-4-3-5-11(8-10)16-6-7-17-9-12(13,14)15/h3-5,8,16H,2,6-7,9H2,1H3. The van der Waals surface area contributed by atoms with E-state index in [0.29, 0.717) is 6.54 Å². The molecule has 0 radical (unpaired) electrons. The van der Waals surface area contributed by atoms with Crippen molar-refractivity contribution in [2.75, 3.05) is 25.1 Å². The molecule has 0 saturated carbocycles. The van der Waals surface area contributed by atoms with Crippen LogP contribution in [0, 0.1) is 0 Å². The summed E-state index contributed by atoms with van der Waals surface area (Å²) in [6.45, 7) is 1.26. The Morgan fingerprint density at radius 1 is 1.29 bits per heavy atom. The molecule has 0 unspecified atom stereocenters. The van der Waals surface area contributed by atoms with Crippen LogP contribution < -0.4 is 5.32 Å². The van der Waals surface area contributed by atoms with E-state index in [9.17, 15) is 13.2 Å². The fourth-order valence-electron chi connectivity index (χ4n) is 1.36. The zero-order valence-electron chi connectivity index (χ0n) is 9.68. The zero-order chi connectivity index (χ0) is 12.7. The summed E-state index contributed by atoms with van der Waals surface area (Å²) in [6.07, 6.45) is -3.32. The van der Waals surface area contributed by atoms with Crippen LogP contribution in [0.5, 0.6) is 0 Å². The van der Waals surface area contributed by atoms with E-state index >= 15 is 0 Å². The second-order valence-corrected chi connectivity index (χ2v) is 3.65. The first-order valence-electron chi connectivity index (χ1n) is 5.48. The van der Waals surface area contributed by atoms with Crippen molar-refractivity contribution in [3.8, 4) is 0 Å². The van der Waals surface area contributed by atoms with E-state index in [0.717, 1.165) is 12.1 Å². The molecule has 0 saturated heterocycles. The van der Waals surface area contributed by atoms with Crippen LogP contribution in [-0.2, 0) is 11.2 Å². The monoisotopic (exact) mass is 247 g/mol. The van der Waals surface area contributed by atoms with E-state index in [2.05, 4.69) is 10.1 Å². The van der Waals surface area contributed by atoms with Crippen LogP contribution >= 0.6 is 0 Å². The number of aryl methyl sites for hydroxylation is 1. The van der Waals surface area contributed by atoms with Crippen LogP contribution in [0.2, 0.25) is 0 Å². The Labute approximate surface area is 98.8 Å². The van der Waals surface area contributed by atoms with E-state index in [1.165, 1.54) is 5.56 Å². The minimum Gasteiger partial charge on any atom is -0.383 e. The second-order valence-electron chi connectivity index (χ2n) is 3.65. The van der Waals surface area contributed by atoms with Crippen molar-refractivity contribution in [1.29, 1.82) is 0 Å². The lowest BCUT2D eigenvalue weighted by molar-refractivity contribution is -0.172. The summed E-state index contributed by atoms with van der Waals surface area (Å²) >= 11 is 0. The molecule has 0 heterocycles. The molecule has 96 valence electrons. The van der Waals surface area contributed by atoms with Gasteiger partial charge >= 0.3 is 6.18 Å². The molecule has 0 bridgehead atoms. The first-order chi connectivity index (χ1) is 8.01. The molecule has 0 spiro atoms. The molecule has 1 rings (SSSR count). The molecule has 0 aromatic heterocycles. The Balaban J connectivity index is 2.22. The first-order valence-corrected chi connectivity index (χ1v) is 5.48. The first kappa shape index (κ1) is 13.8. The van der Waals surface area contributed by atoms with Crippen molar-refractivity contribution in [3.05, 3.63) is 29.8 Å². The molecule has 0 atom stereocenters. The number of benzene rings is 1. The van der Waals surface area contributed by atoms with Gasteiger partial charge in [-0.25, -0.2) is 0 Å². The minimum atomic E-state index is -4.25. The molecule has 0 amide bonds. The SMILES string of the molecule is CCc1cccc(NCCOCC(F)(F)F)c1. The van der Waals surface area contributed by atoms with Gasteiger partial charge in [-0.3, -0.25) is 0 Å². The van der Waals surface area contributed by atoms with Crippen molar-refractivity contribution in [3.63, 3.8) is 0 Å². The predicted octanol–water partition coefficient (Wildman–Crippen LogP) is 3.24. The normalized spacial score (nSPS) is 11.5. The Kier molecular flexibility index (Phi) is 5.28. The van der Waals surface area contributed by atoms with Crippen molar-refractivity contribution in [2.45, 2.75) is 19.5 Å². The molecule has 0 aliphatic rings. The van der Waals surface area contributed by atoms with Crippen LogP contribution in [0.3, 0.4) is 0 Å². The van der Waals surface area contributed by atoms with Crippen LogP contribution in [0.15, 0.2) is 24.3 Å². The molecule has 0 aliphatic heterocycles. The summed E-state index contributed by atoms with van der Waals surface area (Å²) in [5.41, 5.74) is 2.09. The Bertz CT molecular complexity index is 339. The third-order valence-electron chi connectivity index (χ3n) is 2.18. The lowest BCUT2D eigenvalue weighted by atomic mass is 10.1. The van der Waals surface area contributed by atoms with Crippen LogP contribution in [-0.4, -0.2) is 25.9 Å². The lowest BCUT2D eigenvalue weighted by Crippen LogP contribution is -2.20. The molecule has 17 heavy (non-hydrogen) atoms. The Hall–Kier alpha value is -1.23. The molecule has 5 heteroatoms. The summed E-state index contributed by atoms with van der Waals surface area (Å²) in [5.74, 6) is 0. The summed E-state index contributed by atoms with van der Waals surface area (Å²) in [5, 5.41) is 3.01. The number of nitrogens with one attached hydrogen (secondary N) is 1. The molecule has 0 aliphatic carbocycles. The highest BCUT2D eigenvalue weighted by atomic mass is 19.4. The predicted molar refractivity (Wildman–Crippen MR) is 61.2 cm³/mol. The van der Waals surface area contributed by atoms with E-state index in [1.54, 1.807) is 0 Å². The second kappa shape index (κ2) is 6.49. The van der Waals surface area contributed by atoms with Gasteiger partial charge in [-0.2, -0.15) is 13.2 Å². The van der Waals surface area contributed by atoms with E-state index in [1.807, 2.05) is 31.2 Å². The molecule has 2 nitrogen and oxygen atoms in total. The van der Waals surface area contributed by atoms with Gasteiger partial charge in [0, 0.05) is 12.2 Å². The lowest BCUT2D eigenvalue weighted by Gasteiger charge is -2.09. The van der Waals surface area contributed by atoms with Gasteiger partial charge in [0.15, 0.2) is 0 Å². The Morgan fingerprint density at radius 3 is 2.71 bits per heavy atom. The average Bonchev–Trinajstić information content (AvgIpc) is 2.27. The van der Waals surface area contributed by atoms with Crippen molar-refractivity contribution in [2.24, 2.45) is 0 Å². The fraction of sp³-hybridized carbons (Fsp3) is 0.500. The summed E-state index contributed by atoms with van der Waals surface area (Å²) < 4.78 is 39.8. The van der Waals surface area contributed by atoms with E-state index < -0.39 is 12.8 Å².